The number of nitrogens with two attached hydrogens (primary N) is 1. The summed E-state index contributed by atoms with van der Waals surface area (Å²) in [6, 6.07) is 11.1. The molecular formula is C33H31F3N6O2. The van der Waals surface area contributed by atoms with Crippen molar-refractivity contribution in [3.63, 3.8) is 0 Å². The van der Waals surface area contributed by atoms with Crippen LogP contribution in [0.1, 0.15) is 36.0 Å². The fourth-order valence-electron chi connectivity index (χ4n) is 7.19. The van der Waals surface area contributed by atoms with Crippen molar-refractivity contribution in [2.45, 2.75) is 44.3 Å². The van der Waals surface area contributed by atoms with E-state index in [0.29, 0.717) is 58.9 Å². The summed E-state index contributed by atoms with van der Waals surface area (Å²) >= 11 is 0. The van der Waals surface area contributed by atoms with Crippen LogP contribution in [0.2, 0.25) is 0 Å². The first kappa shape index (κ1) is 27.2. The molecule has 8 rings (SSSR count). The Morgan fingerprint density at radius 3 is 2.45 bits per heavy atom. The molecule has 8 nitrogen and oxygen atoms in total. The third kappa shape index (κ3) is 4.12. The Kier molecular flexibility index (Phi) is 6.07. The summed E-state index contributed by atoms with van der Waals surface area (Å²) < 4.78 is 51.6. The molecule has 1 aliphatic heterocycles. The van der Waals surface area contributed by atoms with Crippen molar-refractivity contribution in [1.29, 1.82) is 0 Å². The number of piperidine rings is 1. The normalized spacial score (nSPS) is 21.2. The molecule has 0 radical (unpaired) electrons. The Balaban J connectivity index is 1.24. The highest BCUT2D eigenvalue weighted by Crippen LogP contribution is 2.40. The highest BCUT2D eigenvalue weighted by Gasteiger charge is 2.47. The smallest absolute Gasteiger partial charge is 0.254 e. The Bertz CT molecular complexity index is 1970. The maximum atomic E-state index is 14.1. The highest BCUT2D eigenvalue weighted by molar-refractivity contribution is 6.00. The Morgan fingerprint density at radius 2 is 1.80 bits per heavy atom. The van der Waals surface area contributed by atoms with Crippen molar-refractivity contribution in [1.82, 2.24) is 24.0 Å². The van der Waals surface area contributed by atoms with Gasteiger partial charge in [0.2, 0.25) is 0 Å². The number of hydrogen-bond acceptors (Lipinski definition) is 5. The van der Waals surface area contributed by atoms with E-state index in [9.17, 15) is 18.0 Å². The number of aryl methyl sites for hydroxylation is 1. The summed E-state index contributed by atoms with van der Waals surface area (Å²) in [7, 11) is 3.50. The number of pyridine rings is 1. The molecule has 5 aromatic rings. The number of ether oxygens (including phenoxy) is 1. The molecule has 3 unspecified atom stereocenters. The lowest BCUT2D eigenvalue weighted by Gasteiger charge is -2.27. The van der Waals surface area contributed by atoms with Crippen LogP contribution in [0.3, 0.4) is 0 Å². The minimum atomic E-state index is -1.51. The third-order valence-corrected chi connectivity index (χ3v) is 9.71. The molecule has 1 saturated heterocycles. The van der Waals surface area contributed by atoms with Crippen LogP contribution in [-0.2, 0) is 13.6 Å². The van der Waals surface area contributed by atoms with Gasteiger partial charge in [-0.15, -0.1) is 0 Å². The molecule has 3 atom stereocenters. The van der Waals surface area contributed by atoms with Gasteiger partial charge in [-0.25, -0.2) is 23.1 Å². The molecule has 11 heteroatoms. The van der Waals surface area contributed by atoms with E-state index in [2.05, 4.69) is 4.57 Å². The lowest BCUT2D eigenvalue weighted by Crippen LogP contribution is -2.41. The van der Waals surface area contributed by atoms with Gasteiger partial charge in [0.05, 0.1) is 24.0 Å². The number of hydrogen-bond donors (Lipinski definition) is 1. The van der Waals surface area contributed by atoms with Crippen LogP contribution < -0.4 is 10.5 Å². The summed E-state index contributed by atoms with van der Waals surface area (Å²) in [6.45, 7) is 1.37. The van der Waals surface area contributed by atoms with Gasteiger partial charge in [-0.1, -0.05) is 0 Å². The summed E-state index contributed by atoms with van der Waals surface area (Å²) in [5, 5.41) is 0.836. The molecule has 3 fully saturated rings. The lowest BCUT2D eigenvalue weighted by molar-refractivity contribution is 0.0700. The molecule has 3 aliphatic rings. The average molecular weight is 601 g/mol. The van der Waals surface area contributed by atoms with Crippen molar-refractivity contribution >= 4 is 28.0 Å². The molecule has 3 aromatic heterocycles. The number of halogens is 3. The van der Waals surface area contributed by atoms with Crippen molar-refractivity contribution in [3.8, 4) is 28.5 Å². The zero-order valence-electron chi connectivity index (χ0n) is 24.4. The number of aromatic nitrogens is 4. The van der Waals surface area contributed by atoms with Gasteiger partial charge in [0, 0.05) is 48.7 Å². The number of carbonyl (C=O) groups excluding carboxylic acids is 1. The number of rotatable bonds is 6. The quantitative estimate of drug-likeness (QED) is 0.254. The van der Waals surface area contributed by atoms with E-state index in [1.54, 1.807) is 19.2 Å². The van der Waals surface area contributed by atoms with Gasteiger partial charge >= 0.3 is 0 Å². The lowest BCUT2D eigenvalue weighted by atomic mass is 10.1. The molecular weight excluding hydrogens is 569 g/mol. The van der Waals surface area contributed by atoms with Crippen molar-refractivity contribution in [2.24, 2.45) is 24.6 Å². The summed E-state index contributed by atoms with van der Waals surface area (Å²) in [5.41, 5.74) is 10.2. The SMILES string of the molecule is COc1cc(C(=O)N2CC3CCC2C3N)cc2nc(-c3cc4ccc(-c5cc(F)c(F)c(F)c5)nc4n3CC3CC3)n(C)c12. The molecule has 2 aromatic carbocycles. The highest BCUT2D eigenvalue weighted by atomic mass is 19.2. The van der Waals surface area contributed by atoms with Crippen molar-refractivity contribution in [3.05, 3.63) is 65.5 Å². The molecule has 2 aliphatic carbocycles. The van der Waals surface area contributed by atoms with E-state index in [1.165, 1.54) is 0 Å². The van der Waals surface area contributed by atoms with Gasteiger partial charge in [0.1, 0.15) is 16.9 Å². The number of nitrogens with zero attached hydrogens (tertiary/aromatic N) is 5. The molecule has 2 saturated carbocycles. The van der Waals surface area contributed by atoms with Gasteiger partial charge in [-0.05, 0) is 80.0 Å². The van der Waals surface area contributed by atoms with E-state index < -0.39 is 17.5 Å². The first-order chi connectivity index (χ1) is 21.2. The number of methoxy groups -OCH3 is 1. The fraction of sp³-hybridized carbons (Fsp3) is 0.364. The maximum Gasteiger partial charge on any atom is 0.254 e. The van der Waals surface area contributed by atoms with E-state index in [-0.39, 0.29) is 23.6 Å². The van der Waals surface area contributed by atoms with E-state index in [0.717, 1.165) is 54.4 Å². The molecule has 4 heterocycles. The summed E-state index contributed by atoms with van der Waals surface area (Å²) in [6.07, 6.45) is 4.18. The Morgan fingerprint density at radius 1 is 1.02 bits per heavy atom. The number of benzene rings is 2. The van der Waals surface area contributed by atoms with Crippen molar-refractivity contribution < 1.29 is 22.7 Å². The zero-order chi connectivity index (χ0) is 30.4. The van der Waals surface area contributed by atoms with Crippen LogP contribution in [0.15, 0.2) is 42.5 Å². The number of fused-ring (bicyclic) bond motifs is 4. The molecule has 1 amide bonds. The van der Waals surface area contributed by atoms with Crippen LogP contribution in [0.4, 0.5) is 13.2 Å². The van der Waals surface area contributed by atoms with Gasteiger partial charge in [-0.3, -0.25) is 4.79 Å². The third-order valence-electron chi connectivity index (χ3n) is 9.71. The van der Waals surface area contributed by atoms with Crippen LogP contribution in [0.25, 0.3) is 44.8 Å². The van der Waals surface area contributed by atoms with Gasteiger partial charge in [-0.2, -0.15) is 0 Å². The molecule has 0 spiro atoms. The predicted octanol–water partition coefficient (Wildman–Crippen LogP) is 5.65. The summed E-state index contributed by atoms with van der Waals surface area (Å²) in [5.74, 6) is -2.05. The fourth-order valence-corrected chi connectivity index (χ4v) is 7.19. The largest absolute Gasteiger partial charge is 0.494 e. The number of imidazole rings is 1. The molecule has 2 bridgehead atoms. The first-order valence-electron chi connectivity index (χ1n) is 15.0. The number of carbonyl (C=O) groups is 1. The zero-order valence-corrected chi connectivity index (χ0v) is 24.4. The van der Waals surface area contributed by atoms with Crippen molar-refractivity contribution in [2.75, 3.05) is 13.7 Å². The standard InChI is InChI=1S/C33H31F3N6O2/c1-40-30-24(11-20(13-27(30)44-2)33(43)42-15-18-6-8-25(42)29(18)37)39-32(40)26-12-17-5-7-23(19-9-21(34)28(36)22(35)10-19)38-31(17)41(26)14-16-3-4-16/h5,7,9-13,16,18,25,29H,3-4,6,8,14-15,37H2,1-2H3. The van der Waals surface area contributed by atoms with Crippen LogP contribution in [0, 0.1) is 29.3 Å². The van der Waals surface area contributed by atoms with Crippen LogP contribution in [-0.4, -0.2) is 55.6 Å². The van der Waals surface area contributed by atoms with Crippen LogP contribution >= 0.6 is 0 Å². The van der Waals surface area contributed by atoms with E-state index in [1.807, 2.05) is 34.7 Å². The minimum Gasteiger partial charge on any atom is -0.494 e. The molecule has 44 heavy (non-hydrogen) atoms. The Labute approximate surface area is 251 Å². The van der Waals surface area contributed by atoms with E-state index in [4.69, 9.17) is 20.4 Å². The molecule has 2 N–H and O–H groups in total. The molecule has 226 valence electrons. The second-order valence-electron chi connectivity index (χ2n) is 12.4. The van der Waals surface area contributed by atoms with Gasteiger partial charge < -0.3 is 24.5 Å². The average Bonchev–Trinajstić information content (AvgIpc) is 3.42. The maximum absolute atomic E-state index is 14.1. The monoisotopic (exact) mass is 600 g/mol. The van der Waals surface area contributed by atoms with E-state index >= 15 is 0 Å². The number of amides is 1. The van der Waals surface area contributed by atoms with Gasteiger partial charge in [0.15, 0.2) is 23.3 Å². The number of likely N-dealkylation sites (tertiary alicyclic amines) is 1. The summed E-state index contributed by atoms with van der Waals surface area (Å²) in [4.78, 5) is 25.4. The van der Waals surface area contributed by atoms with Gasteiger partial charge in [0.25, 0.3) is 5.91 Å². The minimum absolute atomic E-state index is 0.0228. The second kappa shape index (κ2) is 9.82. The topological polar surface area (TPSA) is 91.2 Å². The predicted molar refractivity (Wildman–Crippen MR) is 160 cm³/mol. The first-order valence-corrected chi connectivity index (χ1v) is 15.0. The Hall–Kier alpha value is -4.38. The van der Waals surface area contributed by atoms with Crippen LogP contribution in [0.5, 0.6) is 5.75 Å². The second-order valence-corrected chi connectivity index (χ2v) is 12.4.